The standard InChI is InChI=1S/C145H4/c1-3-5-7-9-11-13-15-17-19-21-23-25-27-29-31-33-35-37-39-41-43-45-47-49-51-53-55-57-59-61-63-65-67-69-71-73-75-77-79-81-83-85-87-89-91-93-95-97-99-101-103-105-107-109-111-113-115-117-119-121-123-125-127-129-131-133-135-137-139-141-143-145-144-142-140-138-136-134-132-130-128-126-124-122-120-118-116-114-112-110-108-106-104-102-100-98-96-94-92-90-88-86-84-82-80-78-76-74-72-70-68-66-64-62-60-58-56-54-52-50-48-46-44-42-40-38-36-34-32-30-28-26-24-22-20-18-16-14-12-10-8-6-4-2/h1H,2H3. The summed E-state index contributed by atoms with van der Waals surface area (Å²) in [4.78, 5) is 0. The van der Waals surface area contributed by atoms with Gasteiger partial charge in [0.1, 0.15) is 0 Å². The largest absolute Gasteiger partial charge is 0.106 e. The fourth-order valence-electron chi connectivity index (χ4n) is 4.44. The molecule has 0 aliphatic rings. The third-order valence-electron chi connectivity index (χ3n) is 8.95. The van der Waals surface area contributed by atoms with E-state index in [4.69, 9.17) is 6.42 Å². The first-order valence-corrected chi connectivity index (χ1v) is 36.3. The molecule has 0 aromatic rings. The molecule has 0 fully saturated rings. The van der Waals surface area contributed by atoms with Gasteiger partial charge in [-0.2, -0.15) is 0 Å². The highest BCUT2D eigenvalue weighted by molar-refractivity contribution is 5.60. The number of terminal acetylenes is 1. The van der Waals surface area contributed by atoms with Gasteiger partial charge in [-0.15, -0.1) is 6.42 Å². The third kappa shape index (κ3) is 112. The van der Waals surface area contributed by atoms with Gasteiger partial charge in [-0.05, 0) is 102 Å². The lowest BCUT2D eigenvalue weighted by Gasteiger charge is -1.58. The van der Waals surface area contributed by atoms with Gasteiger partial charge in [0, 0.05) is 746 Å². The summed E-state index contributed by atoms with van der Waals surface area (Å²) in [6.45, 7) is 1.68. The smallest absolute Gasteiger partial charge is 0 e. The molecular formula is C145H4. The topological polar surface area (TPSA) is 0 Å². The monoisotopic (exact) mass is 1740 g/mol. The van der Waals surface area contributed by atoms with Gasteiger partial charge >= 0.3 is 0 Å². The Hall–Kier alpha value is -31.7. The van der Waals surface area contributed by atoms with Crippen molar-refractivity contribution in [3.63, 3.8) is 0 Å². The van der Waals surface area contributed by atoms with Crippen LogP contribution >= 0.6 is 0 Å². The lowest BCUT2D eigenvalue weighted by molar-refractivity contribution is 1.92. The zero-order chi connectivity index (χ0) is 103. The van der Waals surface area contributed by atoms with Crippen molar-refractivity contribution in [3.05, 3.63) is 0 Å². The van der Waals surface area contributed by atoms with Crippen LogP contribution in [0.4, 0.5) is 0 Å². The third-order valence-corrected chi connectivity index (χ3v) is 8.95. The molecule has 0 spiro atoms. The van der Waals surface area contributed by atoms with Crippen molar-refractivity contribution in [2.75, 3.05) is 0 Å². The van der Waals surface area contributed by atoms with Crippen molar-refractivity contribution >= 4 is 0 Å². The predicted octanol–water partition coefficient (Wildman–Crippen LogP) is 0.881. The van der Waals surface area contributed by atoms with E-state index in [9.17, 15) is 0 Å². The first kappa shape index (κ1) is 113. The molecule has 145 heavy (non-hydrogen) atoms. The van der Waals surface area contributed by atoms with Crippen LogP contribution in [0.15, 0.2) is 0 Å². The first-order valence-electron chi connectivity index (χ1n) is 36.3. The predicted molar refractivity (Wildman–Crippen MR) is 567 cm³/mol. The van der Waals surface area contributed by atoms with Crippen molar-refractivity contribution in [2.24, 2.45) is 0 Å². The molecule has 0 heterocycles. The van der Waals surface area contributed by atoms with Crippen molar-refractivity contribution in [1.82, 2.24) is 0 Å². The van der Waals surface area contributed by atoms with Crippen molar-refractivity contribution < 1.29 is 0 Å². The molecule has 0 saturated heterocycles. The summed E-state index contributed by atoms with van der Waals surface area (Å²) in [5.74, 6) is 357. The molecule has 0 radical (unpaired) electrons. The second kappa shape index (κ2) is 112. The van der Waals surface area contributed by atoms with Crippen molar-refractivity contribution in [2.45, 2.75) is 6.92 Å². The SMILES string of the molecule is C#CC#CC#CC#CC#CC#CC#CC#CC#CC#CC#CC#CC#CC#CC#CC#CC#CC#CC#CC#CC#CC#CC#CC#CC#CC#CC#CC#CC#CC#CC#CC#CC#CC#CC#CC#CC#CC#CC#CC#CC#CC#CC#CC#CC#CC#CC#CC#CC#CC#CC#CC#CC#CC#CC#CC#CC#CC#CC#CC#CC#CC#CC#CC#CC#CC#CC#CC#CC#CC#CC#CC#CC. The minimum Gasteiger partial charge on any atom is -0.106 e. The summed E-state index contributed by atoms with van der Waals surface area (Å²) in [5.41, 5.74) is 0. The van der Waals surface area contributed by atoms with E-state index in [1.165, 1.54) is 0 Å². The van der Waals surface area contributed by atoms with E-state index in [2.05, 4.69) is 847 Å². The number of hydrogen-bond acceptors (Lipinski definition) is 0. The Labute approximate surface area is 853 Å². The number of rotatable bonds is 0. The second-order valence-corrected chi connectivity index (χ2v) is 18.0. The summed E-state index contributed by atoms with van der Waals surface area (Å²) < 4.78 is 0. The molecule has 0 saturated carbocycles. The molecule has 0 bridgehead atoms. The molecular weight excluding hydrogens is 1740 g/mol. The lowest BCUT2D eigenvalue weighted by Crippen LogP contribution is -1.57. The Kier molecular flexibility index (Phi) is 87.8. The van der Waals surface area contributed by atoms with Gasteiger partial charge in [-0.25, -0.2) is 0 Å². The highest BCUT2D eigenvalue weighted by Gasteiger charge is 1.72. The summed E-state index contributed by atoms with van der Waals surface area (Å²) in [5, 5.41) is 0. The first-order chi connectivity index (χ1) is 72.4. The van der Waals surface area contributed by atoms with E-state index in [1.54, 1.807) is 6.92 Å². The minimum absolute atomic E-state index is 1.68. The van der Waals surface area contributed by atoms with Gasteiger partial charge in [-0.1, -0.05) is 5.92 Å². The summed E-state index contributed by atoms with van der Waals surface area (Å²) in [7, 11) is 0. The Morgan fingerprint density at radius 2 is 0.0897 bits per heavy atom. The van der Waals surface area contributed by atoms with E-state index in [0.29, 0.717) is 0 Å². The molecule has 0 aromatic heterocycles. The zero-order valence-corrected chi connectivity index (χ0v) is 73.1. The van der Waals surface area contributed by atoms with E-state index in [1.807, 2.05) is 0 Å². The van der Waals surface area contributed by atoms with Gasteiger partial charge in [0.2, 0.25) is 0 Å². The van der Waals surface area contributed by atoms with Gasteiger partial charge in [0.05, 0.1) is 0 Å². The zero-order valence-electron chi connectivity index (χ0n) is 73.1. The van der Waals surface area contributed by atoms with Crippen LogP contribution in [0.3, 0.4) is 0 Å². The second-order valence-electron chi connectivity index (χ2n) is 18.0. The fraction of sp³-hybridized carbons (Fsp3) is 0.00690. The van der Waals surface area contributed by atoms with Crippen molar-refractivity contribution in [3.8, 4) is 853 Å². The highest BCUT2D eigenvalue weighted by atomic mass is 13.7. The van der Waals surface area contributed by atoms with Crippen LogP contribution in [0.1, 0.15) is 6.92 Å². The van der Waals surface area contributed by atoms with Crippen LogP contribution in [0.2, 0.25) is 0 Å². The maximum Gasteiger partial charge on any atom is 0 e. The van der Waals surface area contributed by atoms with Crippen LogP contribution in [0, 0.1) is 853 Å². The van der Waals surface area contributed by atoms with Gasteiger partial charge in [-0.3, -0.25) is 0 Å². The highest BCUT2D eigenvalue weighted by Crippen LogP contribution is 1.72. The molecule has 0 aliphatic carbocycles. The van der Waals surface area contributed by atoms with E-state index in [-0.39, 0.29) is 0 Å². The molecule has 0 unspecified atom stereocenters. The normalized spacial score (nSPS) is 3.97. The molecule has 0 N–H and O–H groups in total. The Bertz CT molecular complexity index is 9960. The quantitative estimate of drug-likeness (QED) is 0.317. The molecule has 0 atom stereocenters. The van der Waals surface area contributed by atoms with Crippen LogP contribution < -0.4 is 0 Å². The lowest BCUT2D eigenvalue weighted by atomic mass is 10.4. The molecule has 0 aromatic carbocycles. The average Bonchev–Trinajstić information content (AvgIpc) is 1.11. The van der Waals surface area contributed by atoms with Crippen LogP contribution in [-0.4, -0.2) is 0 Å². The Morgan fingerprint density at radius 1 is 0.0552 bits per heavy atom. The van der Waals surface area contributed by atoms with Crippen LogP contribution in [-0.2, 0) is 0 Å². The van der Waals surface area contributed by atoms with Gasteiger partial charge < -0.3 is 0 Å². The summed E-state index contributed by atoms with van der Waals surface area (Å²) in [6, 6.07) is 0. The maximum atomic E-state index is 4.96. The fourth-order valence-corrected chi connectivity index (χ4v) is 4.44. The molecule has 0 nitrogen and oxygen atoms in total. The van der Waals surface area contributed by atoms with Gasteiger partial charge in [0.15, 0.2) is 0 Å². The maximum absolute atomic E-state index is 4.96. The average molecular weight is 1750 g/mol. The molecule has 584 valence electrons. The van der Waals surface area contributed by atoms with Gasteiger partial charge in [0.25, 0.3) is 0 Å². The van der Waals surface area contributed by atoms with Crippen molar-refractivity contribution in [1.29, 1.82) is 0 Å². The van der Waals surface area contributed by atoms with Crippen LogP contribution in [0.25, 0.3) is 0 Å². The Balaban J connectivity index is 4.66. The molecule has 0 amide bonds. The van der Waals surface area contributed by atoms with E-state index < -0.39 is 0 Å². The summed E-state index contributed by atoms with van der Waals surface area (Å²) in [6.07, 6.45) is 4.96. The minimum atomic E-state index is 1.68. The van der Waals surface area contributed by atoms with E-state index >= 15 is 0 Å². The van der Waals surface area contributed by atoms with E-state index in [0.717, 1.165) is 0 Å². The molecule has 0 aliphatic heterocycles. The Morgan fingerprint density at radius 3 is 0.124 bits per heavy atom. The number of hydrogen-bond donors (Lipinski definition) is 0. The summed E-state index contributed by atoms with van der Waals surface area (Å²) >= 11 is 0. The molecule has 0 heteroatoms. The molecule has 0 rings (SSSR count). The van der Waals surface area contributed by atoms with Crippen LogP contribution in [0.5, 0.6) is 0 Å².